The summed E-state index contributed by atoms with van der Waals surface area (Å²) in [6.45, 7) is 2.33. The van der Waals surface area contributed by atoms with Gasteiger partial charge >= 0.3 is 0 Å². The largest absolute Gasteiger partial charge is 0.381 e. The molecule has 1 fully saturated rings. The van der Waals surface area contributed by atoms with Crippen LogP contribution in [0.5, 0.6) is 0 Å². The predicted molar refractivity (Wildman–Crippen MR) is 77.7 cm³/mol. The fourth-order valence-electron chi connectivity index (χ4n) is 2.68. The van der Waals surface area contributed by atoms with Gasteiger partial charge in [-0.05, 0) is 50.7 Å². The Hall–Kier alpha value is -1.81. The Morgan fingerprint density at radius 3 is 3.05 bits per heavy atom. The molecule has 0 amide bonds. The monoisotopic (exact) mass is 256 g/mol. The molecule has 2 heterocycles. The third-order valence-corrected chi connectivity index (χ3v) is 3.61. The first-order chi connectivity index (χ1) is 9.31. The van der Waals surface area contributed by atoms with Crippen molar-refractivity contribution in [1.29, 1.82) is 0 Å². The molecule has 1 saturated heterocycles. The zero-order valence-corrected chi connectivity index (χ0v) is 11.3. The Kier molecular flexibility index (Phi) is 3.51. The fourth-order valence-corrected chi connectivity index (χ4v) is 2.68. The summed E-state index contributed by atoms with van der Waals surface area (Å²) in [6, 6.07) is 10.9. The van der Waals surface area contributed by atoms with Gasteiger partial charge in [-0.3, -0.25) is 0 Å². The van der Waals surface area contributed by atoms with Gasteiger partial charge in [-0.2, -0.15) is 5.10 Å². The number of hydrogen-bond acceptors (Lipinski definition) is 3. The van der Waals surface area contributed by atoms with Crippen molar-refractivity contribution in [2.75, 3.05) is 25.5 Å². The van der Waals surface area contributed by atoms with Crippen LogP contribution in [0.3, 0.4) is 0 Å². The molecule has 0 radical (unpaired) electrons. The zero-order valence-electron chi connectivity index (χ0n) is 11.3. The molecule has 3 rings (SSSR count). The number of aromatic nitrogens is 2. The van der Waals surface area contributed by atoms with Crippen LogP contribution >= 0.6 is 0 Å². The molecule has 4 nitrogen and oxygen atoms in total. The van der Waals surface area contributed by atoms with Crippen LogP contribution in [0.15, 0.2) is 42.7 Å². The molecule has 4 heteroatoms. The molecule has 1 aromatic carbocycles. The van der Waals surface area contributed by atoms with Crippen LogP contribution < -0.4 is 5.32 Å². The van der Waals surface area contributed by atoms with E-state index in [0.717, 1.165) is 12.2 Å². The molecule has 1 N–H and O–H groups in total. The maximum Gasteiger partial charge on any atom is 0.0666 e. The van der Waals surface area contributed by atoms with Gasteiger partial charge in [-0.25, -0.2) is 4.68 Å². The van der Waals surface area contributed by atoms with E-state index in [-0.39, 0.29) is 0 Å². The Morgan fingerprint density at radius 2 is 2.26 bits per heavy atom. The van der Waals surface area contributed by atoms with Crippen molar-refractivity contribution in [3.8, 4) is 5.69 Å². The highest BCUT2D eigenvalue weighted by atomic mass is 15.3. The number of likely N-dealkylation sites (N-methyl/N-ethyl adjacent to an activating group) is 1. The maximum atomic E-state index is 4.27. The zero-order chi connectivity index (χ0) is 13.1. The van der Waals surface area contributed by atoms with E-state index in [9.17, 15) is 0 Å². The minimum Gasteiger partial charge on any atom is -0.381 e. The van der Waals surface area contributed by atoms with E-state index in [1.807, 2.05) is 16.9 Å². The van der Waals surface area contributed by atoms with E-state index in [1.165, 1.54) is 25.1 Å². The molecule has 1 atom stereocenters. The lowest BCUT2D eigenvalue weighted by atomic mass is 10.1. The third-order valence-electron chi connectivity index (χ3n) is 3.61. The molecule has 1 unspecified atom stereocenters. The number of nitrogens with one attached hydrogen (secondary N) is 1. The van der Waals surface area contributed by atoms with E-state index in [4.69, 9.17) is 0 Å². The minimum absolute atomic E-state index is 0.548. The number of piperidine rings is 1. The van der Waals surface area contributed by atoms with Crippen LogP contribution in [0.2, 0.25) is 0 Å². The predicted octanol–water partition coefficient (Wildman–Crippen LogP) is 2.38. The second-order valence-electron chi connectivity index (χ2n) is 5.25. The van der Waals surface area contributed by atoms with Crippen molar-refractivity contribution in [3.05, 3.63) is 42.7 Å². The van der Waals surface area contributed by atoms with Gasteiger partial charge in [0.15, 0.2) is 0 Å². The van der Waals surface area contributed by atoms with Crippen LogP contribution in [0.25, 0.3) is 5.69 Å². The summed E-state index contributed by atoms with van der Waals surface area (Å²) in [7, 11) is 2.19. The van der Waals surface area contributed by atoms with Crippen LogP contribution in [-0.2, 0) is 0 Å². The first kappa shape index (κ1) is 12.2. The molecule has 0 saturated carbocycles. The van der Waals surface area contributed by atoms with Crippen molar-refractivity contribution >= 4 is 5.69 Å². The smallest absolute Gasteiger partial charge is 0.0666 e. The molecule has 1 aliphatic rings. The summed E-state index contributed by atoms with van der Waals surface area (Å²) in [6.07, 6.45) is 6.28. The molecule has 0 bridgehead atoms. The maximum absolute atomic E-state index is 4.27. The van der Waals surface area contributed by atoms with Gasteiger partial charge in [-0.1, -0.05) is 6.07 Å². The summed E-state index contributed by atoms with van der Waals surface area (Å²) in [5.41, 5.74) is 2.27. The van der Waals surface area contributed by atoms with Gasteiger partial charge in [0.1, 0.15) is 0 Å². The SMILES string of the molecule is CN1CCCC(Nc2cccc(-n3cccn3)c2)C1. The third kappa shape index (κ3) is 2.96. The number of likely N-dealkylation sites (tertiary alicyclic amines) is 1. The molecule has 2 aromatic rings. The molecule has 100 valence electrons. The van der Waals surface area contributed by atoms with Crippen molar-refractivity contribution in [1.82, 2.24) is 14.7 Å². The fraction of sp³-hybridized carbons (Fsp3) is 0.400. The summed E-state index contributed by atoms with van der Waals surface area (Å²) in [5, 5.41) is 7.90. The van der Waals surface area contributed by atoms with Crippen LogP contribution in [0.4, 0.5) is 5.69 Å². The van der Waals surface area contributed by atoms with Crippen LogP contribution in [0, 0.1) is 0 Å². The van der Waals surface area contributed by atoms with E-state index in [0.29, 0.717) is 6.04 Å². The normalized spacial score (nSPS) is 20.4. The molecule has 0 aliphatic carbocycles. The molecule has 1 aromatic heterocycles. The lowest BCUT2D eigenvalue weighted by Gasteiger charge is -2.31. The first-order valence-electron chi connectivity index (χ1n) is 6.86. The highest BCUT2D eigenvalue weighted by Crippen LogP contribution is 2.18. The first-order valence-corrected chi connectivity index (χ1v) is 6.86. The number of benzene rings is 1. The number of hydrogen-bond donors (Lipinski definition) is 1. The van der Waals surface area contributed by atoms with E-state index < -0.39 is 0 Å². The van der Waals surface area contributed by atoms with E-state index in [1.54, 1.807) is 6.20 Å². The molecule has 0 spiro atoms. The highest BCUT2D eigenvalue weighted by molar-refractivity contribution is 5.51. The Balaban J connectivity index is 1.73. The van der Waals surface area contributed by atoms with Gasteiger partial charge in [0, 0.05) is 30.7 Å². The molecular formula is C15H20N4. The van der Waals surface area contributed by atoms with Gasteiger partial charge in [0.25, 0.3) is 0 Å². The van der Waals surface area contributed by atoms with Gasteiger partial charge in [-0.15, -0.1) is 0 Å². The van der Waals surface area contributed by atoms with Crippen molar-refractivity contribution in [2.24, 2.45) is 0 Å². The quantitative estimate of drug-likeness (QED) is 0.915. The lowest BCUT2D eigenvalue weighted by Crippen LogP contribution is -2.39. The molecular weight excluding hydrogens is 236 g/mol. The van der Waals surface area contributed by atoms with Crippen LogP contribution in [-0.4, -0.2) is 40.9 Å². The van der Waals surface area contributed by atoms with Crippen LogP contribution in [0.1, 0.15) is 12.8 Å². The van der Waals surface area contributed by atoms with Crippen molar-refractivity contribution < 1.29 is 0 Å². The Bertz CT molecular complexity index is 521. The highest BCUT2D eigenvalue weighted by Gasteiger charge is 2.16. The summed E-state index contributed by atoms with van der Waals surface area (Å²) in [5.74, 6) is 0. The standard InChI is InChI=1S/C15H20N4/c1-18-9-3-6-14(12-18)17-13-5-2-7-15(11-13)19-10-4-8-16-19/h2,4-5,7-8,10-11,14,17H,3,6,9,12H2,1H3. The number of anilines is 1. The van der Waals surface area contributed by atoms with Gasteiger partial charge in [0.05, 0.1) is 5.69 Å². The van der Waals surface area contributed by atoms with Gasteiger partial charge < -0.3 is 10.2 Å². The Labute approximate surface area is 114 Å². The molecule has 1 aliphatic heterocycles. The Morgan fingerprint density at radius 1 is 1.32 bits per heavy atom. The van der Waals surface area contributed by atoms with E-state index >= 15 is 0 Å². The second-order valence-corrected chi connectivity index (χ2v) is 5.25. The minimum atomic E-state index is 0.548. The number of rotatable bonds is 3. The van der Waals surface area contributed by atoms with E-state index in [2.05, 4.69) is 46.6 Å². The number of nitrogens with zero attached hydrogens (tertiary/aromatic N) is 3. The average molecular weight is 256 g/mol. The van der Waals surface area contributed by atoms with Gasteiger partial charge in [0.2, 0.25) is 0 Å². The van der Waals surface area contributed by atoms with Crippen molar-refractivity contribution in [2.45, 2.75) is 18.9 Å². The topological polar surface area (TPSA) is 33.1 Å². The molecule has 19 heavy (non-hydrogen) atoms. The van der Waals surface area contributed by atoms with Crippen molar-refractivity contribution in [3.63, 3.8) is 0 Å². The second kappa shape index (κ2) is 5.45. The summed E-state index contributed by atoms with van der Waals surface area (Å²) in [4.78, 5) is 2.39. The summed E-state index contributed by atoms with van der Waals surface area (Å²) < 4.78 is 1.89. The average Bonchev–Trinajstić information content (AvgIpc) is 2.93. The lowest BCUT2D eigenvalue weighted by molar-refractivity contribution is 0.261. The summed E-state index contributed by atoms with van der Waals surface area (Å²) >= 11 is 0.